The predicted octanol–water partition coefficient (Wildman–Crippen LogP) is 3.98. The van der Waals surface area contributed by atoms with Crippen LogP contribution in [0.3, 0.4) is 0 Å². The van der Waals surface area contributed by atoms with E-state index < -0.39 is 11.7 Å². The number of benzene rings is 1. The summed E-state index contributed by atoms with van der Waals surface area (Å²) < 4.78 is 39.2. The maximum Gasteiger partial charge on any atom is 0.416 e. The monoisotopic (exact) mass is 299 g/mol. The van der Waals surface area contributed by atoms with Crippen LogP contribution in [-0.4, -0.2) is 9.78 Å². The Morgan fingerprint density at radius 3 is 2.60 bits per heavy atom. The van der Waals surface area contributed by atoms with Crippen LogP contribution in [0.15, 0.2) is 24.3 Å². The normalized spacial score (nSPS) is 11.4. The van der Waals surface area contributed by atoms with Crippen molar-refractivity contribution in [2.24, 2.45) is 0 Å². The molecule has 0 fully saturated rings. The van der Waals surface area contributed by atoms with E-state index in [0.717, 1.165) is 16.8 Å². The van der Waals surface area contributed by atoms with Gasteiger partial charge in [0.25, 0.3) is 0 Å². The molecule has 1 heterocycles. The van der Waals surface area contributed by atoms with Gasteiger partial charge in [0.2, 0.25) is 0 Å². The molecule has 0 N–H and O–H groups in total. The zero-order valence-electron chi connectivity index (χ0n) is 10.4. The first-order valence-corrected chi connectivity index (χ1v) is 6.11. The van der Waals surface area contributed by atoms with Crippen LogP contribution in [0.1, 0.15) is 23.7 Å². The molecule has 0 aliphatic heterocycles. The fourth-order valence-electron chi connectivity index (χ4n) is 1.78. The number of hydrogen-bond donors (Lipinski definition) is 0. The summed E-state index contributed by atoms with van der Waals surface area (Å²) in [6, 6.07) is 6.55. The Morgan fingerprint density at radius 2 is 2.10 bits per heavy atom. The highest BCUT2D eigenvalue weighted by molar-refractivity contribution is 6.31. The van der Waals surface area contributed by atoms with E-state index in [9.17, 15) is 13.2 Å². The molecule has 0 radical (unpaired) electrons. The summed E-state index contributed by atoms with van der Waals surface area (Å²) in [5.74, 6) is 0. The van der Waals surface area contributed by atoms with E-state index in [-0.39, 0.29) is 16.4 Å². The van der Waals surface area contributed by atoms with Crippen LogP contribution in [0.5, 0.6) is 0 Å². The number of aromatic nitrogens is 2. The molecule has 7 heteroatoms. The largest absolute Gasteiger partial charge is 0.416 e. The van der Waals surface area contributed by atoms with Crippen LogP contribution in [0.4, 0.5) is 13.2 Å². The molecule has 0 saturated carbocycles. The third-order valence-corrected chi connectivity index (χ3v) is 3.12. The second kappa shape index (κ2) is 5.17. The number of rotatable bonds is 2. The van der Waals surface area contributed by atoms with Crippen molar-refractivity contribution >= 4 is 11.6 Å². The van der Waals surface area contributed by atoms with Crippen molar-refractivity contribution in [1.82, 2.24) is 9.78 Å². The highest BCUT2D eigenvalue weighted by atomic mass is 35.5. The van der Waals surface area contributed by atoms with E-state index in [1.54, 1.807) is 6.92 Å². The highest BCUT2D eigenvalue weighted by Gasteiger charge is 2.30. The number of halogens is 4. The molecule has 104 valence electrons. The molecule has 0 atom stereocenters. The van der Waals surface area contributed by atoms with Gasteiger partial charge in [-0.25, -0.2) is 4.68 Å². The highest BCUT2D eigenvalue weighted by Crippen LogP contribution is 2.31. The number of aryl methyl sites for hydroxylation is 1. The lowest BCUT2D eigenvalue weighted by Crippen LogP contribution is -2.06. The van der Waals surface area contributed by atoms with Gasteiger partial charge in [0.15, 0.2) is 5.15 Å². The molecule has 0 saturated heterocycles. The van der Waals surface area contributed by atoms with Crippen molar-refractivity contribution in [3.63, 3.8) is 0 Å². The standard InChI is InChI=1S/C13H9ClF3N3/c1-2-11-10(7-18)12(14)20(19-11)9-5-3-4-8(6-9)13(15,16)17/h3-6H,2H2,1H3. The third-order valence-electron chi connectivity index (χ3n) is 2.77. The molecular weight excluding hydrogens is 291 g/mol. The summed E-state index contributed by atoms with van der Waals surface area (Å²) in [6.45, 7) is 1.79. The van der Waals surface area contributed by atoms with Gasteiger partial charge in [0.05, 0.1) is 16.9 Å². The zero-order chi connectivity index (χ0) is 14.9. The van der Waals surface area contributed by atoms with E-state index >= 15 is 0 Å². The summed E-state index contributed by atoms with van der Waals surface area (Å²) >= 11 is 6.01. The molecule has 0 bridgehead atoms. The Balaban J connectivity index is 2.59. The van der Waals surface area contributed by atoms with Gasteiger partial charge in [-0.2, -0.15) is 23.5 Å². The zero-order valence-corrected chi connectivity index (χ0v) is 11.1. The average molecular weight is 300 g/mol. The van der Waals surface area contributed by atoms with Crippen LogP contribution >= 0.6 is 11.6 Å². The summed E-state index contributed by atoms with van der Waals surface area (Å²) in [4.78, 5) is 0. The molecule has 2 aromatic rings. The lowest BCUT2D eigenvalue weighted by Gasteiger charge is -2.09. The number of hydrogen-bond acceptors (Lipinski definition) is 2. The summed E-state index contributed by atoms with van der Waals surface area (Å²) in [5, 5.41) is 13.1. The minimum atomic E-state index is -4.44. The second-order valence-electron chi connectivity index (χ2n) is 4.04. The van der Waals surface area contributed by atoms with Gasteiger partial charge >= 0.3 is 6.18 Å². The molecule has 0 amide bonds. The average Bonchev–Trinajstić information content (AvgIpc) is 2.74. The Kier molecular flexibility index (Phi) is 3.73. The quantitative estimate of drug-likeness (QED) is 0.841. The Bertz CT molecular complexity index is 683. The molecule has 0 spiro atoms. The Labute approximate surface area is 118 Å². The maximum atomic E-state index is 12.7. The molecule has 1 aromatic carbocycles. The number of nitrogens with zero attached hydrogens (tertiary/aromatic N) is 3. The van der Waals surface area contributed by atoms with Gasteiger partial charge in [-0.05, 0) is 24.6 Å². The van der Waals surface area contributed by atoms with Gasteiger partial charge in [-0.15, -0.1) is 0 Å². The first-order chi connectivity index (χ1) is 9.38. The van der Waals surface area contributed by atoms with Crippen molar-refractivity contribution < 1.29 is 13.2 Å². The smallest absolute Gasteiger partial charge is 0.221 e. The maximum absolute atomic E-state index is 12.7. The molecule has 1 aromatic heterocycles. The minimum Gasteiger partial charge on any atom is -0.221 e. The van der Waals surface area contributed by atoms with Crippen molar-refractivity contribution in [1.29, 1.82) is 5.26 Å². The van der Waals surface area contributed by atoms with Gasteiger partial charge in [0.1, 0.15) is 11.6 Å². The lowest BCUT2D eigenvalue weighted by atomic mass is 10.2. The lowest BCUT2D eigenvalue weighted by molar-refractivity contribution is -0.137. The van der Waals surface area contributed by atoms with E-state index in [1.165, 1.54) is 12.1 Å². The van der Waals surface area contributed by atoms with E-state index in [2.05, 4.69) is 5.10 Å². The minimum absolute atomic E-state index is 0.0173. The molecule has 0 aliphatic carbocycles. The van der Waals surface area contributed by atoms with E-state index in [4.69, 9.17) is 16.9 Å². The molecule has 2 rings (SSSR count). The Morgan fingerprint density at radius 1 is 1.40 bits per heavy atom. The van der Waals surface area contributed by atoms with Gasteiger partial charge in [-0.3, -0.25) is 0 Å². The van der Waals surface area contributed by atoms with Crippen LogP contribution in [0, 0.1) is 11.3 Å². The molecule has 3 nitrogen and oxygen atoms in total. The number of alkyl halides is 3. The first kappa shape index (κ1) is 14.4. The summed E-state index contributed by atoms with van der Waals surface area (Å²) in [7, 11) is 0. The fraction of sp³-hybridized carbons (Fsp3) is 0.231. The van der Waals surface area contributed by atoms with Crippen molar-refractivity contribution in [2.45, 2.75) is 19.5 Å². The van der Waals surface area contributed by atoms with Crippen LogP contribution in [0.25, 0.3) is 5.69 Å². The van der Waals surface area contributed by atoms with E-state index in [0.29, 0.717) is 12.1 Å². The molecular formula is C13H9ClF3N3. The Hall–Kier alpha value is -2.00. The first-order valence-electron chi connectivity index (χ1n) is 5.73. The van der Waals surface area contributed by atoms with Crippen LogP contribution in [0.2, 0.25) is 5.15 Å². The van der Waals surface area contributed by atoms with Gasteiger partial charge in [-0.1, -0.05) is 24.6 Å². The summed E-state index contributed by atoms with van der Waals surface area (Å²) in [5.41, 5.74) is 0.0145. The van der Waals surface area contributed by atoms with Crippen LogP contribution in [-0.2, 0) is 12.6 Å². The molecule has 0 aliphatic rings. The molecule has 20 heavy (non-hydrogen) atoms. The van der Waals surface area contributed by atoms with Crippen molar-refractivity contribution in [2.75, 3.05) is 0 Å². The molecule has 0 unspecified atom stereocenters. The van der Waals surface area contributed by atoms with Gasteiger partial charge in [0, 0.05) is 0 Å². The predicted molar refractivity (Wildman–Crippen MR) is 67.7 cm³/mol. The SMILES string of the molecule is CCc1nn(-c2cccc(C(F)(F)F)c2)c(Cl)c1C#N. The van der Waals surface area contributed by atoms with Crippen LogP contribution < -0.4 is 0 Å². The van der Waals surface area contributed by atoms with Crippen molar-refractivity contribution in [3.8, 4) is 11.8 Å². The van der Waals surface area contributed by atoms with E-state index in [1.807, 2.05) is 6.07 Å². The topological polar surface area (TPSA) is 41.6 Å². The second-order valence-corrected chi connectivity index (χ2v) is 4.40. The van der Waals surface area contributed by atoms with Crippen molar-refractivity contribution in [3.05, 3.63) is 46.2 Å². The third kappa shape index (κ3) is 2.49. The fourth-order valence-corrected chi connectivity index (χ4v) is 2.07. The summed E-state index contributed by atoms with van der Waals surface area (Å²) in [6.07, 6.45) is -3.98. The van der Waals surface area contributed by atoms with Gasteiger partial charge < -0.3 is 0 Å². The number of nitriles is 1.